The van der Waals surface area contributed by atoms with Crippen LogP contribution in [0.1, 0.15) is 245 Å². The number of unbranched alkanes of at least 4 members (excludes halogenated alkanes) is 25. The Labute approximate surface area is 449 Å². The van der Waals surface area contributed by atoms with Crippen LogP contribution in [0.25, 0.3) is 0 Å². The third kappa shape index (κ3) is 56.0. The standard InChI is InChI=1S/C64H111NO8/c1-6-8-10-12-14-16-18-19-20-21-22-23-24-25-26-27-28-29-30-31-32-33-34-35-36-37-38-39-40-41-42-43-45-47-49-51-53-55-62(67)73-60(59-72-64(63(68)69)70-57-56-65(3,4)5)58-71-61(66)54-52-50-48-46-44-17-15-13-11-9-7-2/h8,10,13-16,19-20,22-23,25-26,28-29,60,64H,6-7,9,11-12,17-18,21,24,27,30-59H2,1-5H3/b10-8-,15-13-,16-14-,20-19-,23-22-,26-25-,29-28-. The molecule has 0 bridgehead atoms. The summed E-state index contributed by atoms with van der Waals surface area (Å²) < 4.78 is 22.6. The monoisotopic (exact) mass is 1020 g/mol. The van der Waals surface area contributed by atoms with Gasteiger partial charge in [-0.1, -0.05) is 234 Å². The van der Waals surface area contributed by atoms with Crippen LogP contribution in [0.2, 0.25) is 0 Å². The van der Waals surface area contributed by atoms with E-state index in [9.17, 15) is 19.5 Å². The molecule has 0 amide bonds. The number of hydrogen-bond acceptors (Lipinski definition) is 8. The van der Waals surface area contributed by atoms with Crippen molar-refractivity contribution in [2.24, 2.45) is 0 Å². The van der Waals surface area contributed by atoms with Crippen molar-refractivity contribution in [2.75, 3.05) is 47.5 Å². The van der Waals surface area contributed by atoms with Crippen LogP contribution in [0.3, 0.4) is 0 Å². The molecular weight excluding hydrogens is 911 g/mol. The number of nitrogens with zero attached hydrogens (tertiary/aromatic N) is 1. The maximum absolute atomic E-state index is 12.8. The number of carbonyl (C=O) groups excluding carboxylic acids is 3. The zero-order valence-corrected chi connectivity index (χ0v) is 47.7. The molecule has 0 heterocycles. The van der Waals surface area contributed by atoms with E-state index in [-0.39, 0.29) is 38.6 Å². The molecule has 73 heavy (non-hydrogen) atoms. The molecule has 0 N–H and O–H groups in total. The average molecular weight is 1020 g/mol. The van der Waals surface area contributed by atoms with E-state index < -0.39 is 24.3 Å². The van der Waals surface area contributed by atoms with Gasteiger partial charge in [-0.25, -0.2) is 0 Å². The Balaban J connectivity index is 4.01. The molecule has 0 aliphatic carbocycles. The van der Waals surface area contributed by atoms with Crippen LogP contribution in [0.5, 0.6) is 0 Å². The highest BCUT2D eigenvalue weighted by atomic mass is 16.7. The van der Waals surface area contributed by atoms with Gasteiger partial charge in [0.15, 0.2) is 12.4 Å². The molecule has 2 unspecified atom stereocenters. The van der Waals surface area contributed by atoms with Crippen LogP contribution < -0.4 is 5.11 Å². The van der Waals surface area contributed by atoms with Crippen molar-refractivity contribution >= 4 is 17.9 Å². The lowest BCUT2D eigenvalue weighted by Gasteiger charge is -2.26. The van der Waals surface area contributed by atoms with Gasteiger partial charge in [-0.05, 0) is 83.5 Å². The maximum Gasteiger partial charge on any atom is 0.306 e. The van der Waals surface area contributed by atoms with Crippen molar-refractivity contribution in [1.82, 2.24) is 0 Å². The smallest absolute Gasteiger partial charge is 0.306 e. The Morgan fingerprint density at radius 2 is 0.781 bits per heavy atom. The fourth-order valence-electron chi connectivity index (χ4n) is 8.05. The van der Waals surface area contributed by atoms with Gasteiger partial charge in [0.2, 0.25) is 0 Å². The summed E-state index contributed by atoms with van der Waals surface area (Å²) >= 11 is 0. The molecule has 0 saturated heterocycles. The van der Waals surface area contributed by atoms with Gasteiger partial charge < -0.3 is 33.3 Å². The van der Waals surface area contributed by atoms with Crippen LogP contribution in [0.15, 0.2) is 85.1 Å². The Kier molecular flexibility index (Phi) is 52.1. The Morgan fingerprint density at radius 3 is 1.18 bits per heavy atom. The molecule has 0 aromatic carbocycles. The summed E-state index contributed by atoms with van der Waals surface area (Å²) in [7, 11) is 5.91. The topological polar surface area (TPSA) is 111 Å². The van der Waals surface area contributed by atoms with Gasteiger partial charge in [0.25, 0.3) is 0 Å². The van der Waals surface area contributed by atoms with Crippen LogP contribution in [0, 0.1) is 0 Å². The molecule has 0 saturated carbocycles. The van der Waals surface area contributed by atoms with Crippen LogP contribution >= 0.6 is 0 Å². The Bertz CT molecular complexity index is 1470. The Hall–Kier alpha value is -3.53. The predicted octanol–water partition coefficient (Wildman–Crippen LogP) is 16.2. The predicted molar refractivity (Wildman–Crippen MR) is 306 cm³/mol. The number of hydrogen-bond donors (Lipinski definition) is 0. The number of esters is 2. The SMILES string of the molecule is CC/C=C\C/C=C\C/C=C\C/C=C\C/C=C\C/C=C\CCCCCCCCCCCCCCCCCCCCC(=O)OC(COC(=O)CCCCCCC/C=C\CCCC)COC(OCC[N+](C)(C)C)C(=O)[O-]. The second kappa shape index (κ2) is 54.7. The van der Waals surface area contributed by atoms with Crippen LogP contribution in [0.4, 0.5) is 0 Å². The van der Waals surface area contributed by atoms with Gasteiger partial charge in [0.1, 0.15) is 13.2 Å². The minimum atomic E-state index is -1.62. The van der Waals surface area contributed by atoms with Gasteiger partial charge >= 0.3 is 11.9 Å². The zero-order chi connectivity index (χ0) is 53.4. The van der Waals surface area contributed by atoms with Gasteiger partial charge in [-0.15, -0.1) is 0 Å². The van der Waals surface area contributed by atoms with Gasteiger partial charge in [0, 0.05) is 12.8 Å². The molecule has 0 spiro atoms. The van der Waals surface area contributed by atoms with Crippen molar-refractivity contribution < 1.29 is 42.9 Å². The van der Waals surface area contributed by atoms with Gasteiger partial charge in [-0.3, -0.25) is 9.59 Å². The van der Waals surface area contributed by atoms with Crippen molar-refractivity contribution in [2.45, 2.75) is 257 Å². The molecule has 9 nitrogen and oxygen atoms in total. The number of rotatable bonds is 54. The van der Waals surface area contributed by atoms with E-state index in [1.54, 1.807) is 0 Å². The molecule has 0 aliphatic rings. The quantitative estimate of drug-likeness (QED) is 0.0195. The summed E-state index contributed by atoms with van der Waals surface area (Å²) in [5.41, 5.74) is 0. The van der Waals surface area contributed by atoms with E-state index in [1.165, 1.54) is 116 Å². The second-order valence-corrected chi connectivity index (χ2v) is 20.9. The summed E-state index contributed by atoms with van der Waals surface area (Å²) in [6, 6.07) is 0. The molecular formula is C64H111NO8. The summed E-state index contributed by atoms with van der Waals surface area (Å²) in [6.07, 6.45) is 69.5. The van der Waals surface area contributed by atoms with E-state index in [0.717, 1.165) is 96.3 Å². The largest absolute Gasteiger partial charge is 0.545 e. The number of carboxylic acid groups (broad SMARTS) is 1. The number of likely N-dealkylation sites (N-methyl/N-ethyl adjacent to an activating group) is 1. The summed E-state index contributed by atoms with van der Waals surface area (Å²) in [5, 5.41) is 11.7. The highest BCUT2D eigenvalue weighted by molar-refractivity contribution is 5.70. The van der Waals surface area contributed by atoms with Crippen LogP contribution in [-0.2, 0) is 33.3 Å². The minimum Gasteiger partial charge on any atom is -0.545 e. The average Bonchev–Trinajstić information content (AvgIpc) is 3.36. The van der Waals surface area contributed by atoms with E-state index >= 15 is 0 Å². The fraction of sp³-hybridized carbons (Fsp3) is 0.734. The van der Waals surface area contributed by atoms with Crippen molar-refractivity contribution in [1.29, 1.82) is 0 Å². The first-order valence-electron chi connectivity index (χ1n) is 29.7. The number of quaternary nitrogens is 1. The highest BCUT2D eigenvalue weighted by Gasteiger charge is 2.22. The normalized spacial score (nSPS) is 13.4. The highest BCUT2D eigenvalue weighted by Crippen LogP contribution is 2.16. The fourth-order valence-corrected chi connectivity index (χ4v) is 8.05. The van der Waals surface area contributed by atoms with E-state index in [4.69, 9.17) is 18.9 Å². The first kappa shape index (κ1) is 69.5. The minimum absolute atomic E-state index is 0.145. The molecule has 420 valence electrons. The summed E-state index contributed by atoms with van der Waals surface area (Å²) in [6.45, 7) is 4.58. The number of ether oxygens (including phenoxy) is 4. The molecule has 0 radical (unpaired) electrons. The number of allylic oxidation sites excluding steroid dienone is 14. The van der Waals surface area contributed by atoms with Crippen molar-refractivity contribution in [3.8, 4) is 0 Å². The lowest BCUT2D eigenvalue weighted by Crippen LogP contribution is -2.44. The molecule has 0 aromatic heterocycles. The molecule has 0 aromatic rings. The number of carboxylic acids is 1. The lowest BCUT2D eigenvalue weighted by molar-refractivity contribution is -0.870. The van der Waals surface area contributed by atoms with Crippen LogP contribution in [-0.4, -0.2) is 82.3 Å². The molecule has 0 rings (SSSR count). The molecule has 2 atom stereocenters. The third-order valence-corrected chi connectivity index (χ3v) is 12.6. The summed E-state index contributed by atoms with van der Waals surface area (Å²) in [5.74, 6) is -2.29. The van der Waals surface area contributed by atoms with E-state index in [2.05, 4.69) is 98.9 Å². The third-order valence-electron chi connectivity index (χ3n) is 12.6. The lowest BCUT2D eigenvalue weighted by atomic mass is 10.0. The van der Waals surface area contributed by atoms with E-state index in [0.29, 0.717) is 17.4 Å². The van der Waals surface area contributed by atoms with Crippen molar-refractivity contribution in [3.63, 3.8) is 0 Å². The van der Waals surface area contributed by atoms with Crippen molar-refractivity contribution in [3.05, 3.63) is 85.1 Å². The first-order valence-corrected chi connectivity index (χ1v) is 29.7. The van der Waals surface area contributed by atoms with Gasteiger partial charge in [0.05, 0.1) is 40.3 Å². The molecule has 0 aliphatic heterocycles. The second-order valence-electron chi connectivity index (χ2n) is 20.9. The number of aliphatic carboxylic acids is 1. The maximum atomic E-state index is 12.8. The summed E-state index contributed by atoms with van der Waals surface area (Å²) in [4.78, 5) is 37.1. The number of carbonyl (C=O) groups is 3. The molecule has 0 fully saturated rings. The first-order chi connectivity index (χ1) is 35.6. The Morgan fingerprint density at radius 1 is 0.425 bits per heavy atom. The molecule has 9 heteroatoms. The van der Waals surface area contributed by atoms with E-state index in [1.807, 2.05) is 21.1 Å². The van der Waals surface area contributed by atoms with Gasteiger partial charge in [-0.2, -0.15) is 0 Å². The zero-order valence-electron chi connectivity index (χ0n) is 47.7.